The van der Waals surface area contributed by atoms with Gasteiger partial charge in [0.1, 0.15) is 6.04 Å². The summed E-state index contributed by atoms with van der Waals surface area (Å²) in [6, 6.07) is 3.04. The summed E-state index contributed by atoms with van der Waals surface area (Å²) in [6.45, 7) is 4.88. The molecule has 2 heterocycles. The van der Waals surface area contributed by atoms with Crippen LogP contribution in [0.2, 0.25) is 0 Å². The predicted octanol–water partition coefficient (Wildman–Crippen LogP) is 3.42. The normalized spacial score (nSPS) is 25.3. The number of amides is 2. The third-order valence-electron chi connectivity index (χ3n) is 4.78. The first-order chi connectivity index (χ1) is 11.7. The van der Waals surface area contributed by atoms with Gasteiger partial charge in [0.05, 0.1) is 22.6 Å². The molecule has 1 N–H and O–H groups in total. The maximum atomic E-state index is 13.1. The minimum atomic E-state index is -1.18. The molecule has 2 amide bonds. The summed E-state index contributed by atoms with van der Waals surface area (Å²) in [4.78, 5) is 49.9. The van der Waals surface area contributed by atoms with Crippen molar-refractivity contribution >= 4 is 46.0 Å². The van der Waals surface area contributed by atoms with Crippen LogP contribution in [0.5, 0.6) is 0 Å². The van der Waals surface area contributed by atoms with Crippen molar-refractivity contribution in [2.45, 2.75) is 44.9 Å². The van der Waals surface area contributed by atoms with Crippen LogP contribution >= 0.6 is 23.1 Å². The monoisotopic (exact) mass is 384 g/mol. The van der Waals surface area contributed by atoms with Crippen molar-refractivity contribution < 1.29 is 28.8 Å². The van der Waals surface area contributed by atoms with Gasteiger partial charge in [0.15, 0.2) is 10.9 Å². The van der Waals surface area contributed by atoms with E-state index in [0.29, 0.717) is 17.7 Å². The van der Waals surface area contributed by atoms with E-state index in [-0.39, 0.29) is 23.5 Å². The topological polar surface area (TPSA) is 88.5 Å². The Hall–Kier alpha value is -1.51. The van der Waals surface area contributed by atoms with Crippen molar-refractivity contribution in [1.29, 1.82) is 0 Å². The molecule has 0 aromatic carbocycles. The van der Waals surface area contributed by atoms with Crippen LogP contribution in [0.15, 0.2) is 17.5 Å². The standard InChI is InChI=1S/C17H21NO5S2/c1-10-6-4-8-18(10,17(22)23)16(21)11(2)15(25-12(3)19)14(20)13-7-5-9-24-13/h5,7,9-11,15H,4,6,8H2,1-3H3/p+1/t10?,11?,15-,18+/m0/s1. The molecule has 1 aliphatic rings. The maximum Gasteiger partial charge on any atom is 0.521 e. The van der Waals surface area contributed by atoms with Gasteiger partial charge in [0.25, 0.3) is 0 Å². The zero-order valence-electron chi connectivity index (χ0n) is 14.4. The third kappa shape index (κ3) is 3.70. The molecule has 8 heteroatoms. The lowest BCUT2D eigenvalue weighted by Gasteiger charge is -2.33. The Morgan fingerprint density at radius 2 is 2.04 bits per heavy atom. The smallest absolute Gasteiger partial charge is 0.435 e. The first-order valence-electron chi connectivity index (χ1n) is 8.12. The predicted molar refractivity (Wildman–Crippen MR) is 96.7 cm³/mol. The fourth-order valence-electron chi connectivity index (χ4n) is 3.40. The Kier molecular flexibility index (Phi) is 6.18. The van der Waals surface area contributed by atoms with E-state index in [1.807, 2.05) is 0 Å². The number of quaternary nitrogens is 1. The van der Waals surface area contributed by atoms with Gasteiger partial charge >= 0.3 is 12.0 Å². The number of rotatable bonds is 5. The third-order valence-corrected chi connectivity index (χ3v) is 6.87. The van der Waals surface area contributed by atoms with E-state index in [1.54, 1.807) is 31.4 Å². The van der Waals surface area contributed by atoms with E-state index < -0.39 is 27.7 Å². The van der Waals surface area contributed by atoms with Gasteiger partial charge in [-0.3, -0.25) is 9.59 Å². The fourth-order valence-corrected chi connectivity index (χ4v) is 5.09. The Labute approximate surface area is 154 Å². The molecule has 4 atom stereocenters. The molecule has 1 saturated heterocycles. The largest absolute Gasteiger partial charge is 0.521 e. The van der Waals surface area contributed by atoms with Crippen molar-refractivity contribution in [2.75, 3.05) is 6.54 Å². The number of nitrogens with zero attached hydrogens (tertiary/aromatic N) is 1. The summed E-state index contributed by atoms with van der Waals surface area (Å²) in [5.74, 6) is -1.67. The van der Waals surface area contributed by atoms with Crippen molar-refractivity contribution in [3.63, 3.8) is 0 Å². The van der Waals surface area contributed by atoms with E-state index in [0.717, 1.165) is 11.8 Å². The highest BCUT2D eigenvalue weighted by atomic mass is 32.2. The Morgan fingerprint density at radius 1 is 1.36 bits per heavy atom. The van der Waals surface area contributed by atoms with Gasteiger partial charge in [-0.2, -0.15) is 9.28 Å². The number of hydrogen-bond acceptors (Lipinski definition) is 6. The van der Waals surface area contributed by atoms with Crippen molar-refractivity contribution in [2.24, 2.45) is 5.92 Å². The number of imide groups is 1. The summed E-state index contributed by atoms with van der Waals surface area (Å²) in [6.07, 6.45) is 0.112. The molecule has 0 radical (unpaired) electrons. The first kappa shape index (κ1) is 19.8. The molecule has 0 aliphatic carbocycles. The number of carbonyl (C=O) groups is 4. The van der Waals surface area contributed by atoms with Crippen LogP contribution in [0, 0.1) is 5.92 Å². The van der Waals surface area contributed by atoms with Gasteiger partial charge in [-0.25, -0.2) is 4.79 Å². The molecule has 2 rings (SSSR count). The number of likely N-dealkylation sites (tertiary alicyclic amines) is 1. The molecule has 1 aromatic rings. The minimum Gasteiger partial charge on any atom is -0.435 e. The van der Waals surface area contributed by atoms with Gasteiger partial charge in [-0.1, -0.05) is 17.8 Å². The summed E-state index contributed by atoms with van der Waals surface area (Å²) < 4.78 is -0.659. The van der Waals surface area contributed by atoms with Crippen molar-refractivity contribution in [3.8, 4) is 0 Å². The first-order valence-corrected chi connectivity index (χ1v) is 9.88. The van der Waals surface area contributed by atoms with Crippen molar-refractivity contribution in [1.82, 2.24) is 0 Å². The summed E-state index contributed by atoms with van der Waals surface area (Å²) >= 11 is 2.05. The quantitative estimate of drug-likeness (QED) is 0.618. The highest BCUT2D eigenvalue weighted by Gasteiger charge is 2.56. The van der Waals surface area contributed by atoms with E-state index in [9.17, 15) is 24.3 Å². The lowest BCUT2D eigenvalue weighted by molar-refractivity contribution is -0.794. The number of carboxylic acid groups (broad SMARTS) is 1. The molecule has 0 spiro atoms. The Bertz CT molecular complexity index is 687. The van der Waals surface area contributed by atoms with Gasteiger partial charge in [-0.15, -0.1) is 11.3 Å². The van der Waals surface area contributed by atoms with E-state index in [4.69, 9.17) is 0 Å². The van der Waals surface area contributed by atoms with Crippen LogP contribution < -0.4 is 0 Å². The number of ketones is 1. The SMILES string of the molecule is CC(=O)S[C@H](C(=O)c1cccs1)C(C)C(=O)[N@@+]1(C(=O)O)CCCC1C. The average Bonchev–Trinajstić information content (AvgIpc) is 3.20. The Morgan fingerprint density at radius 3 is 2.48 bits per heavy atom. The molecule has 2 unspecified atom stereocenters. The van der Waals surface area contributed by atoms with Crippen LogP contribution in [-0.4, -0.2) is 50.3 Å². The number of thiophene rings is 1. The molecule has 1 aromatic heterocycles. The van der Waals surface area contributed by atoms with Crippen LogP contribution in [-0.2, 0) is 9.59 Å². The number of thioether (sulfide) groups is 1. The van der Waals surface area contributed by atoms with Gasteiger partial charge in [0.2, 0.25) is 0 Å². The van der Waals surface area contributed by atoms with Crippen LogP contribution in [0.25, 0.3) is 0 Å². The van der Waals surface area contributed by atoms with Crippen molar-refractivity contribution in [3.05, 3.63) is 22.4 Å². The van der Waals surface area contributed by atoms with Crippen LogP contribution in [0.3, 0.4) is 0 Å². The second-order valence-corrected chi connectivity index (χ2v) is 8.63. The number of Topliss-reactive ketones (excluding diaryl/α,β-unsaturated/α-hetero) is 1. The molecule has 6 nitrogen and oxygen atoms in total. The van der Waals surface area contributed by atoms with Crippen LogP contribution in [0.4, 0.5) is 4.79 Å². The molecule has 136 valence electrons. The lowest BCUT2D eigenvalue weighted by atomic mass is 9.99. The second kappa shape index (κ2) is 7.80. The molecule has 0 bridgehead atoms. The maximum absolute atomic E-state index is 13.1. The van der Waals surface area contributed by atoms with E-state index in [2.05, 4.69) is 0 Å². The average molecular weight is 384 g/mol. The number of hydrogen-bond donors (Lipinski definition) is 1. The van der Waals surface area contributed by atoms with Crippen LogP contribution in [0.1, 0.15) is 43.3 Å². The molecule has 25 heavy (non-hydrogen) atoms. The van der Waals surface area contributed by atoms with Gasteiger partial charge in [0, 0.05) is 19.8 Å². The van der Waals surface area contributed by atoms with E-state index >= 15 is 0 Å². The van der Waals surface area contributed by atoms with Gasteiger partial charge in [-0.05, 0) is 25.3 Å². The fraction of sp³-hybridized carbons (Fsp3) is 0.529. The highest BCUT2D eigenvalue weighted by Crippen LogP contribution is 2.34. The zero-order chi connectivity index (χ0) is 18.8. The molecule has 1 fully saturated rings. The zero-order valence-corrected chi connectivity index (χ0v) is 16.1. The van der Waals surface area contributed by atoms with Gasteiger partial charge < -0.3 is 5.11 Å². The molecular formula is C17H22NO5S2+. The summed E-state index contributed by atoms with van der Waals surface area (Å²) in [7, 11) is 0. The number of carbonyl (C=O) groups excluding carboxylic acids is 3. The molecule has 1 aliphatic heterocycles. The summed E-state index contributed by atoms with van der Waals surface area (Å²) in [5, 5.41) is 10.3. The van der Waals surface area contributed by atoms with E-state index in [1.165, 1.54) is 18.3 Å². The minimum absolute atomic E-state index is 0.227. The lowest BCUT2D eigenvalue weighted by Crippen LogP contribution is -2.61. The molecular weight excluding hydrogens is 362 g/mol. The summed E-state index contributed by atoms with van der Waals surface area (Å²) in [5.41, 5.74) is 0. The highest BCUT2D eigenvalue weighted by molar-refractivity contribution is 8.14. The second-order valence-electron chi connectivity index (χ2n) is 6.36. The molecule has 0 saturated carbocycles. The Balaban J connectivity index is 2.36.